The lowest BCUT2D eigenvalue weighted by atomic mass is 10.2. The number of rotatable bonds is 6. The lowest BCUT2D eigenvalue weighted by Gasteiger charge is -2.11. The Morgan fingerprint density at radius 3 is 2.63 bits per heavy atom. The van der Waals surface area contributed by atoms with E-state index in [0.29, 0.717) is 23.8 Å². The van der Waals surface area contributed by atoms with Crippen molar-refractivity contribution in [1.29, 1.82) is 0 Å². The highest BCUT2D eigenvalue weighted by molar-refractivity contribution is 6.31. The first-order chi connectivity index (χ1) is 13.0. The summed E-state index contributed by atoms with van der Waals surface area (Å²) in [6, 6.07) is 12.6. The zero-order valence-corrected chi connectivity index (χ0v) is 14.9. The lowest BCUT2D eigenvalue weighted by molar-refractivity contribution is -0.384. The third kappa shape index (κ3) is 4.83. The van der Waals surface area contributed by atoms with E-state index in [9.17, 15) is 14.9 Å². The van der Waals surface area contributed by atoms with E-state index < -0.39 is 11.0 Å². The maximum Gasteiger partial charge on any atom is 0.319 e. The quantitative estimate of drug-likeness (QED) is 0.337. The molecule has 0 bridgehead atoms. The van der Waals surface area contributed by atoms with E-state index in [1.54, 1.807) is 18.3 Å². The van der Waals surface area contributed by atoms with Gasteiger partial charge in [-0.1, -0.05) is 11.6 Å². The van der Waals surface area contributed by atoms with Crippen molar-refractivity contribution in [2.45, 2.75) is 0 Å². The number of nitro benzene ring substituents is 1. The Balaban J connectivity index is 1.49. The van der Waals surface area contributed by atoms with Gasteiger partial charge in [-0.3, -0.25) is 15.1 Å². The van der Waals surface area contributed by atoms with Gasteiger partial charge in [0, 0.05) is 53.2 Å². The Labute approximate surface area is 159 Å². The number of carbonyl (C=O) groups is 1. The number of hydrogen-bond acceptors (Lipinski definition) is 5. The highest BCUT2D eigenvalue weighted by Gasteiger charge is 2.06. The van der Waals surface area contributed by atoms with Gasteiger partial charge in [0.25, 0.3) is 5.69 Å². The van der Waals surface area contributed by atoms with Gasteiger partial charge in [0.1, 0.15) is 0 Å². The van der Waals surface area contributed by atoms with Crippen molar-refractivity contribution in [3.05, 3.63) is 69.9 Å². The molecule has 0 radical (unpaired) electrons. The molecule has 8 nitrogen and oxygen atoms in total. The third-order valence-corrected chi connectivity index (χ3v) is 4.00. The SMILES string of the molecule is O=C(NCCNc1ccnc2cc(Cl)ccc12)Nc1ccc([N+](=O)[O-])cc1. The monoisotopic (exact) mass is 385 g/mol. The second kappa shape index (κ2) is 8.33. The summed E-state index contributed by atoms with van der Waals surface area (Å²) in [7, 11) is 0. The number of carbonyl (C=O) groups excluding carboxylic acids is 1. The number of urea groups is 1. The molecule has 0 fully saturated rings. The van der Waals surface area contributed by atoms with Gasteiger partial charge >= 0.3 is 6.03 Å². The molecule has 0 saturated heterocycles. The van der Waals surface area contributed by atoms with Crippen LogP contribution in [0.4, 0.5) is 21.9 Å². The number of pyridine rings is 1. The summed E-state index contributed by atoms with van der Waals surface area (Å²) in [4.78, 5) is 26.3. The summed E-state index contributed by atoms with van der Waals surface area (Å²) >= 11 is 5.98. The van der Waals surface area contributed by atoms with Gasteiger partial charge in [-0.15, -0.1) is 0 Å². The summed E-state index contributed by atoms with van der Waals surface area (Å²) in [5.41, 5.74) is 2.13. The molecule has 1 heterocycles. The molecule has 0 spiro atoms. The second-order valence-electron chi connectivity index (χ2n) is 5.63. The normalized spacial score (nSPS) is 10.4. The van der Waals surface area contributed by atoms with Gasteiger partial charge in [-0.25, -0.2) is 4.79 Å². The van der Waals surface area contributed by atoms with Crippen LogP contribution in [0.2, 0.25) is 5.02 Å². The van der Waals surface area contributed by atoms with Crippen molar-refractivity contribution < 1.29 is 9.72 Å². The Morgan fingerprint density at radius 2 is 1.89 bits per heavy atom. The smallest absolute Gasteiger partial charge is 0.319 e. The molecule has 0 saturated carbocycles. The van der Waals surface area contributed by atoms with Crippen LogP contribution in [-0.2, 0) is 0 Å². The fourth-order valence-electron chi connectivity index (χ4n) is 2.49. The molecule has 2 aromatic carbocycles. The summed E-state index contributed by atoms with van der Waals surface area (Å²) in [6.45, 7) is 0.894. The van der Waals surface area contributed by atoms with Gasteiger partial charge < -0.3 is 16.0 Å². The Kier molecular flexibility index (Phi) is 5.68. The van der Waals surface area contributed by atoms with Crippen LogP contribution in [0.15, 0.2) is 54.7 Å². The molecule has 0 aliphatic heterocycles. The summed E-state index contributed by atoms with van der Waals surface area (Å²) in [5, 5.41) is 20.8. The number of non-ortho nitro benzene ring substituents is 1. The topological polar surface area (TPSA) is 109 Å². The van der Waals surface area contributed by atoms with Crippen LogP contribution in [-0.4, -0.2) is 29.0 Å². The van der Waals surface area contributed by atoms with Gasteiger partial charge in [0.05, 0.1) is 10.4 Å². The van der Waals surface area contributed by atoms with E-state index in [0.717, 1.165) is 16.6 Å². The predicted molar refractivity (Wildman–Crippen MR) is 105 cm³/mol. The number of hydrogen-bond donors (Lipinski definition) is 3. The van der Waals surface area contributed by atoms with Gasteiger partial charge in [-0.2, -0.15) is 0 Å². The number of amides is 2. The van der Waals surface area contributed by atoms with Crippen LogP contribution < -0.4 is 16.0 Å². The van der Waals surface area contributed by atoms with Crippen LogP contribution in [0.25, 0.3) is 10.9 Å². The molecular formula is C18H16ClN5O3. The van der Waals surface area contributed by atoms with E-state index >= 15 is 0 Å². The Hall–Kier alpha value is -3.39. The summed E-state index contributed by atoms with van der Waals surface area (Å²) < 4.78 is 0. The van der Waals surface area contributed by atoms with Gasteiger partial charge in [-0.05, 0) is 36.4 Å². The fourth-order valence-corrected chi connectivity index (χ4v) is 2.66. The number of halogens is 1. The van der Waals surface area contributed by atoms with Gasteiger partial charge in [0.15, 0.2) is 0 Å². The maximum absolute atomic E-state index is 11.9. The minimum atomic E-state index is -0.494. The largest absolute Gasteiger partial charge is 0.383 e. The van der Waals surface area contributed by atoms with Crippen molar-refractivity contribution in [1.82, 2.24) is 10.3 Å². The average molecular weight is 386 g/mol. The van der Waals surface area contributed by atoms with Crippen molar-refractivity contribution in [3.8, 4) is 0 Å². The molecule has 3 aromatic rings. The molecule has 0 aliphatic rings. The lowest BCUT2D eigenvalue weighted by Crippen LogP contribution is -2.32. The third-order valence-electron chi connectivity index (χ3n) is 3.77. The Bertz CT molecular complexity index is 978. The first-order valence-electron chi connectivity index (χ1n) is 8.10. The molecule has 3 N–H and O–H groups in total. The number of nitrogens with zero attached hydrogens (tertiary/aromatic N) is 2. The molecule has 3 rings (SSSR count). The minimum absolute atomic E-state index is 0.0315. The Morgan fingerprint density at radius 1 is 1.11 bits per heavy atom. The highest BCUT2D eigenvalue weighted by Crippen LogP contribution is 2.24. The van der Waals surface area contributed by atoms with Crippen molar-refractivity contribution in [2.75, 3.05) is 23.7 Å². The second-order valence-corrected chi connectivity index (χ2v) is 6.07. The molecule has 138 valence electrons. The molecule has 0 unspecified atom stereocenters. The highest BCUT2D eigenvalue weighted by atomic mass is 35.5. The zero-order valence-electron chi connectivity index (χ0n) is 14.1. The number of aromatic nitrogens is 1. The minimum Gasteiger partial charge on any atom is -0.383 e. The van der Waals surface area contributed by atoms with Crippen molar-refractivity contribution >= 4 is 45.6 Å². The van der Waals surface area contributed by atoms with E-state index in [-0.39, 0.29) is 5.69 Å². The van der Waals surface area contributed by atoms with E-state index in [1.165, 1.54) is 24.3 Å². The summed E-state index contributed by atoms with van der Waals surface area (Å²) in [5.74, 6) is 0. The molecular weight excluding hydrogens is 370 g/mol. The first-order valence-corrected chi connectivity index (χ1v) is 8.48. The number of benzene rings is 2. The van der Waals surface area contributed by atoms with Crippen LogP contribution in [0.5, 0.6) is 0 Å². The van der Waals surface area contributed by atoms with Gasteiger partial charge in [0.2, 0.25) is 0 Å². The van der Waals surface area contributed by atoms with Crippen molar-refractivity contribution in [3.63, 3.8) is 0 Å². The number of anilines is 2. The summed E-state index contributed by atoms with van der Waals surface area (Å²) in [6.07, 6.45) is 1.69. The number of fused-ring (bicyclic) bond motifs is 1. The van der Waals surface area contributed by atoms with E-state index in [2.05, 4.69) is 20.9 Å². The van der Waals surface area contributed by atoms with Crippen molar-refractivity contribution in [2.24, 2.45) is 0 Å². The molecule has 2 amide bonds. The number of nitro groups is 1. The standard InChI is InChI=1S/C18H16ClN5O3/c19-12-1-6-15-16(7-8-20-17(15)11-12)21-9-10-22-18(25)23-13-2-4-14(5-3-13)24(26)27/h1-8,11H,9-10H2,(H,20,21)(H2,22,23,25). The van der Waals surface area contributed by atoms with E-state index in [4.69, 9.17) is 11.6 Å². The molecule has 27 heavy (non-hydrogen) atoms. The van der Waals surface area contributed by atoms with Crippen LogP contribution in [0, 0.1) is 10.1 Å². The first kappa shape index (κ1) is 18.4. The van der Waals surface area contributed by atoms with E-state index in [1.807, 2.05) is 12.1 Å². The van der Waals surface area contributed by atoms with Crippen LogP contribution in [0.3, 0.4) is 0 Å². The average Bonchev–Trinajstić information content (AvgIpc) is 2.65. The predicted octanol–water partition coefficient (Wildman–Crippen LogP) is 4.03. The maximum atomic E-state index is 11.9. The fraction of sp³-hybridized carbons (Fsp3) is 0.111. The molecule has 0 aliphatic carbocycles. The van der Waals surface area contributed by atoms with Crippen LogP contribution >= 0.6 is 11.6 Å². The number of nitrogens with one attached hydrogen (secondary N) is 3. The molecule has 0 atom stereocenters. The van der Waals surface area contributed by atoms with Crippen LogP contribution in [0.1, 0.15) is 0 Å². The molecule has 1 aromatic heterocycles. The molecule has 9 heteroatoms. The zero-order chi connectivity index (χ0) is 19.2.